The Morgan fingerprint density at radius 2 is 1.84 bits per heavy atom. The van der Waals surface area contributed by atoms with Gasteiger partial charge in [-0.1, -0.05) is 49.1 Å². The fourth-order valence-corrected chi connectivity index (χ4v) is 2.46. The molecule has 0 aromatic heterocycles. The molecule has 0 saturated carbocycles. The number of allylic oxidation sites excluding steroid dienone is 3. The van der Waals surface area contributed by atoms with Gasteiger partial charge < -0.3 is 31.7 Å². The molecule has 0 aliphatic rings. The lowest BCUT2D eigenvalue weighted by atomic mass is 10.1. The second kappa shape index (κ2) is 16.5. The van der Waals surface area contributed by atoms with E-state index in [9.17, 15) is 0 Å². The Hall–Kier alpha value is -3.23. The molecule has 32 heavy (non-hydrogen) atoms. The summed E-state index contributed by atoms with van der Waals surface area (Å²) in [6.45, 7) is 9.19. The van der Waals surface area contributed by atoms with E-state index < -0.39 is 0 Å². The number of aliphatic imine (C=N–C) groups is 1. The van der Waals surface area contributed by atoms with Gasteiger partial charge in [0.25, 0.3) is 0 Å². The standard InChI is InChI=1S/C24H36N6O2/c1-3-20(7-6-19(2)16-25)17-31-14-4-12-29-24(28)30-13-5-15-32-18-21-8-10-22(11-9-21)23(26)27/h3,6-11,16,25H,2,4-5,12-15,17-18H2,1H3,(H3,26,27)(H3,28,29,30)/b7-6-,20-3+,25-16?. The Labute approximate surface area is 191 Å². The van der Waals surface area contributed by atoms with E-state index >= 15 is 0 Å². The molecule has 0 bridgehead atoms. The van der Waals surface area contributed by atoms with Crippen molar-refractivity contribution in [3.05, 3.63) is 71.3 Å². The molecule has 174 valence electrons. The molecule has 8 heteroatoms. The molecule has 0 unspecified atom stereocenters. The highest BCUT2D eigenvalue weighted by molar-refractivity contribution is 5.94. The van der Waals surface area contributed by atoms with Crippen LogP contribution in [0.2, 0.25) is 0 Å². The number of guanidine groups is 1. The van der Waals surface area contributed by atoms with Crippen LogP contribution in [0, 0.1) is 10.8 Å². The van der Waals surface area contributed by atoms with Crippen LogP contribution in [0.5, 0.6) is 0 Å². The summed E-state index contributed by atoms with van der Waals surface area (Å²) in [6.07, 6.45) is 8.49. The Kier molecular flexibility index (Phi) is 13.8. The zero-order chi connectivity index (χ0) is 23.6. The molecule has 0 aliphatic heterocycles. The van der Waals surface area contributed by atoms with Gasteiger partial charge >= 0.3 is 0 Å². The predicted molar refractivity (Wildman–Crippen MR) is 132 cm³/mol. The van der Waals surface area contributed by atoms with Crippen LogP contribution < -0.4 is 16.8 Å². The van der Waals surface area contributed by atoms with Gasteiger partial charge in [-0.2, -0.15) is 0 Å². The second-order valence-corrected chi connectivity index (χ2v) is 7.03. The Morgan fingerprint density at radius 1 is 1.12 bits per heavy atom. The minimum Gasteiger partial charge on any atom is -0.384 e. The van der Waals surface area contributed by atoms with Crippen LogP contribution in [0.3, 0.4) is 0 Å². The molecule has 0 aliphatic carbocycles. The number of hydrogen-bond donors (Lipinski definition) is 5. The number of amidine groups is 1. The van der Waals surface area contributed by atoms with Gasteiger partial charge in [0.05, 0.1) is 13.2 Å². The Bertz CT molecular complexity index is 812. The third kappa shape index (κ3) is 12.5. The van der Waals surface area contributed by atoms with Gasteiger partial charge in [-0.05, 0) is 36.5 Å². The number of nitrogen functional groups attached to an aromatic ring is 1. The summed E-state index contributed by atoms with van der Waals surface area (Å²) in [5, 5.41) is 17.6. The van der Waals surface area contributed by atoms with Gasteiger partial charge in [0, 0.05) is 38.1 Å². The maximum Gasteiger partial charge on any atom is 0.188 e. The van der Waals surface area contributed by atoms with Crippen molar-refractivity contribution in [2.75, 3.05) is 32.9 Å². The van der Waals surface area contributed by atoms with Crippen molar-refractivity contribution in [2.24, 2.45) is 16.5 Å². The van der Waals surface area contributed by atoms with Crippen LogP contribution in [0.25, 0.3) is 0 Å². The zero-order valence-corrected chi connectivity index (χ0v) is 18.9. The first-order chi connectivity index (χ1) is 15.5. The van der Waals surface area contributed by atoms with Gasteiger partial charge in [-0.25, -0.2) is 0 Å². The molecule has 8 nitrogen and oxygen atoms in total. The van der Waals surface area contributed by atoms with E-state index in [2.05, 4.69) is 16.9 Å². The van der Waals surface area contributed by atoms with E-state index in [-0.39, 0.29) is 5.84 Å². The molecular weight excluding hydrogens is 404 g/mol. The summed E-state index contributed by atoms with van der Waals surface area (Å²) in [5.74, 6) is 0.486. The van der Waals surface area contributed by atoms with Gasteiger partial charge in [0.15, 0.2) is 5.96 Å². The maximum absolute atomic E-state index is 7.38. The zero-order valence-electron chi connectivity index (χ0n) is 18.9. The maximum atomic E-state index is 7.38. The first-order valence-electron chi connectivity index (χ1n) is 10.6. The smallest absolute Gasteiger partial charge is 0.188 e. The average Bonchev–Trinajstić information content (AvgIpc) is 2.80. The van der Waals surface area contributed by atoms with E-state index in [0.717, 1.165) is 24.0 Å². The van der Waals surface area contributed by atoms with E-state index in [1.807, 2.05) is 43.3 Å². The molecule has 0 radical (unpaired) electrons. The quantitative estimate of drug-likeness (QED) is 0.116. The second-order valence-electron chi connectivity index (χ2n) is 7.03. The SMILES string of the molecule is C=C(C=N)/C=C\C(=C/C)COCCCNC(N)=NCCCOCc1ccc(C(=N)N)cc1. The number of ether oxygens (including phenoxy) is 2. The summed E-state index contributed by atoms with van der Waals surface area (Å²) in [6, 6.07) is 7.45. The van der Waals surface area contributed by atoms with E-state index in [1.165, 1.54) is 6.21 Å². The molecule has 0 saturated heterocycles. The van der Waals surface area contributed by atoms with Crippen LogP contribution in [0.4, 0.5) is 0 Å². The fraction of sp³-hybridized carbons (Fsp3) is 0.375. The van der Waals surface area contributed by atoms with Crippen LogP contribution in [0.1, 0.15) is 30.9 Å². The summed E-state index contributed by atoms with van der Waals surface area (Å²) in [4.78, 5) is 4.29. The molecule has 0 atom stereocenters. The number of nitrogens with zero attached hydrogens (tertiary/aromatic N) is 1. The fourth-order valence-electron chi connectivity index (χ4n) is 2.46. The number of benzene rings is 1. The van der Waals surface area contributed by atoms with Crippen molar-refractivity contribution >= 4 is 18.0 Å². The number of hydrogen-bond acceptors (Lipinski definition) is 5. The topological polar surface area (TPSA) is 143 Å². The molecule has 0 fully saturated rings. The molecule has 1 aromatic carbocycles. The van der Waals surface area contributed by atoms with Crippen molar-refractivity contribution in [3.8, 4) is 0 Å². The van der Waals surface area contributed by atoms with Crippen LogP contribution in [-0.2, 0) is 16.1 Å². The molecule has 0 amide bonds. The molecule has 0 heterocycles. The molecule has 1 aromatic rings. The van der Waals surface area contributed by atoms with Crippen molar-refractivity contribution in [1.29, 1.82) is 10.8 Å². The summed E-state index contributed by atoms with van der Waals surface area (Å²) < 4.78 is 11.3. The van der Waals surface area contributed by atoms with Crippen LogP contribution in [0.15, 0.2) is 65.2 Å². The van der Waals surface area contributed by atoms with Gasteiger partial charge in [0.1, 0.15) is 5.84 Å². The first kappa shape index (κ1) is 26.8. The van der Waals surface area contributed by atoms with Crippen LogP contribution in [-0.4, -0.2) is 50.9 Å². The van der Waals surface area contributed by atoms with Crippen molar-refractivity contribution < 1.29 is 9.47 Å². The van der Waals surface area contributed by atoms with Gasteiger partial charge in [-0.3, -0.25) is 10.4 Å². The third-order valence-electron chi connectivity index (χ3n) is 4.37. The lowest BCUT2D eigenvalue weighted by Crippen LogP contribution is -2.33. The Morgan fingerprint density at radius 3 is 2.50 bits per heavy atom. The third-order valence-corrected chi connectivity index (χ3v) is 4.37. The van der Waals surface area contributed by atoms with Crippen LogP contribution >= 0.6 is 0 Å². The summed E-state index contributed by atoms with van der Waals surface area (Å²) >= 11 is 0. The lowest BCUT2D eigenvalue weighted by molar-refractivity contribution is 0.120. The minimum absolute atomic E-state index is 0.0623. The van der Waals surface area contributed by atoms with Gasteiger partial charge in [0.2, 0.25) is 0 Å². The number of nitrogens with one attached hydrogen (secondary N) is 3. The predicted octanol–water partition coefficient (Wildman–Crippen LogP) is 2.90. The van der Waals surface area contributed by atoms with E-state index in [0.29, 0.717) is 56.6 Å². The van der Waals surface area contributed by atoms with Gasteiger partial charge in [-0.15, -0.1) is 0 Å². The van der Waals surface area contributed by atoms with Crippen molar-refractivity contribution in [3.63, 3.8) is 0 Å². The van der Waals surface area contributed by atoms with Crippen molar-refractivity contribution in [1.82, 2.24) is 5.32 Å². The number of rotatable bonds is 16. The van der Waals surface area contributed by atoms with E-state index in [1.54, 1.807) is 6.08 Å². The van der Waals surface area contributed by atoms with E-state index in [4.69, 9.17) is 31.8 Å². The number of nitrogens with two attached hydrogens (primary N) is 2. The highest BCUT2D eigenvalue weighted by Crippen LogP contribution is 2.05. The summed E-state index contributed by atoms with van der Waals surface area (Å²) in [5.41, 5.74) is 14.7. The minimum atomic E-state index is 0.0623. The first-order valence-corrected chi connectivity index (χ1v) is 10.6. The lowest BCUT2D eigenvalue weighted by Gasteiger charge is -2.08. The largest absolute Gasteiger partial charge is 0.384 e. The highest BCUT2D eigenvalue weighted by Gasteiger charge is 1.98. The molecule has 0 spiro atoms. The Balaban J connectivity index is 2.07. The average molecular weight is 441 g/mol. The normalized spacial score (nSPS) is 12.2. The molecule has 1 rings (SSSR count). The highest BCUT2D eigenvalue weighted by atomic mass is 16.5. The van der Waals surface area contributed by atoms with Crippen molar-refractivity contribution in [2.45, 2.75) is 26.4 Å². The molecule has 7 N–H and O–H groups in total. The molecular formula is C24H36N6O2. The monoisotopic (exact) mass is 440 g/mol. The summed E-state index contributed by atoms with van der Waals surface area (Å²) in [7, 11) is 0.